The number of methoxy groups -OCH3 is 1. The van der Waals surface area contributed by atoms with Crippen molar-refractivity contribution >= 4 is 17.6 Å². The molecule has 4 nitrogen and oxygen atoms in total. The van der Waals surface area contributed by atoms with E-state index in [2.05, 4.69) is 39.0 Å². The molecule has 0 aromatic carbocycles. The van der Waals surface area contributed by atoms with Gasteiger partial charge in [0, 0.05) is 12.2 Å². The van der Waals surface area contributed by atoms with Gasteiger partial charge in [-0.25, -0.2) is 4.79 Å². The Balaban J connectivity index is 2.22. The minimum absolute atomic E-state index is 0.0114. The zero-order chi connectivity index (χ0) is 22.9. The lowest BCUT2D eigenvalue weighted by Crippen LogP contribution is -2.22. The quantitative estimate of drug-likeness (QED) is 0.122. The fourth-order valence-corrected chi connectivity index (χ4v) is 3.55. The van der Waals surface area contributed by atoms with Gasteiger partial charge < -0.3 is 14.2 Å². The number of hydrogen-bond acceptors (Lipinski definition) is 4. The average Bonchev–Trinajstić information content (AvgIpc) is 2.77. The summed E-state index contributed by atoms with van der Waals surface area (Å²) in [4.78, 5) is 11.5. The fourth-order valence-electron chi connectivity index (χ4n) is 3.34. The molecule has 0 radical (unpaired) electrons. The molecule has 1 heterocycles. The van der Waals surface area contributed by atoms with E-state index in [0.29, 0.717) is 12.2 Å². The van der Waals surface area contributed by atoms with Gasteiger partial charge in [-0.3, -0.25) is 0 Å². The summed E-state index contributed by atoms with van der Waals surface area (Å²) in [5, 5.41) is 0. The van der Waals surface area contributed by atoms with Crippen LogP contribution in [0.25, 0.3) is 0 Å². The summed E-state index contributed by atoms with van der Waals surface area (Å²) >= 11 is 5.79. The normalized spacial score (nSPS) is 18.9. The Bertz CT molecular complexity index is 640. The van der Waals surface area contributed by atoms with Crippen LogP contribution in [-0.4, -0.2) is 38.5 Å². The molecule has 0 aromatic rings. The minimum atomic E-state index is -0.340. The molecule has 0 bridgehead atoms. The molecule has 1 aliphatic heterocycles. The number of carbonyl (C=O) groups excluding carboxylic acids is 1. The first-order valence-corrected chi connectivity index (χ1v) is 12.0. The number of alkyl halides is 1. The van der Waals surface area contributed by atoms with E-state index in [1.807, 2.05) is 6.08 Å². The van der Waals surface area contributed by atoms with Crippen LogP contribution in [0.5, 0.6) is 0 Å². The largest absolute Gasteiger partial charge is 0.466 e. The molecular formula is C26H41ClO4. The molecule has 0 saturated carbocycles. The smallest absolute Gasteiger partial charge is 0.334 e. The molecule has 0 aliphatic carbocycles. The number of hydrogen-bond donors (Lipinski definition) is 0. The molecule has 0 amide bonds. The van der Waals surface area contributed by atoms with Crippen molar-refractivity contribution in [1.82, 2.24) is 0 Å². The molecule has 1 saturated heterocycles. The Morgan fingerprint density at radius 2 is 1.52 bits per heavy atom. The zero-order valence-electron chi connectivity index (χ0n) is 19.9. The van der Waals surface area contributed by atoms with Crippen LogP contribution in [0.1, 0.15) is 78.6 Å². The summed E-state index contributed by atoms with van der Waals surface area (Å²) in [7, 11) is 1.38. The molecule has 0 spiro atoms. The maximum Gasteiger partial charge on any atom is 0.334 e. The van der Waals surface area contributed by atoms with Gasteiger partial charge >= 0.3 is 5.97 Å². The third kappa shape index (κ3) is 13.6. The summed E-state index contributed by atoms with van der Waals surface area (Å²) in [5.74, 6) is -0.149. The van der Waals surface area contributed by atoms with Crippen LogP contribution in [0.2, 0.25) is 0 Å². The van der Waals surface area contributed by atoms with E-state index in [9.17, 15) is 4.79 Å². The van der Waals surface area contributed by atoms with Crippen LogP contribution in [0, 0.1) is 0 Å². The first kappa shape index (κ1) is 27.7. The lowest BCUT2D eigenvalue weighted by atomic mass is 10.0. The van der Waals surface area contributed by atoms with Crippen LogP contribution in [0.15, 0.2) is 46.6 Å². The Morgan fingerprint density at radius 1 is 0.935 bits per heavy atom. The molecule has 1 unspecified atom stereocenters. The first-order valence-electron chi connectivity index (χ1n) is 11.5. The molecule has 0 N–H and O–H groups in total. The predicted octanol–water partition coefficient (Wildman–Crippen LogP) is 7.05. The van der Waals surface area contributed by atoms with Gasteiger partial charge in [0.05, 0.1) is 19.6 Å². The van der Waals surface area contributed by atoms with Crippen molar-refractivity contribution in [2.24, 2.45) is 0 Å². The van der Waals surface area contributed by atoms with Crippen molar-refractivity contribution in [3.63, 3.8) is 0 Å². The van der Waals surface area contributed by atoms with Crippen molar-refractivity contribution in [3.8, 4) is 0 Å². The Labute approximate surface area is 194 Å². The van der Waals surface area contributed by atoms with Crippen molar-refractivity contribution in [2.75, 3.05) is 26.2 Å². The van der Waals surface area contributed by atoms with Gasteiger partial charge in [0.1, 0.15) is 0 Å². The van der Waals surface area contributed by atoms with Crippen LogP contribution in [0.3, 0.4) is 0 Å². The number of esters is 1. The van der Waals surface area contributed by atoms with Crippen molar-refractivity contribution in [3.05, 3.63) is 46.6 Å². The second-order valence-corrected chi connectivity index (χ2v) is 8.52. The lowest BCUT2D eigenvalue weighted by molar-refractivity contribution is -0.155. The monoisotopic (exact) mass is 452 g/mol. The summed E-state index contributed by atoms with van der Waals surface area (Å²) < 4.78 is 16.1. The van der Waals surface area contributed by atoms with E-state index in [1.165, 1.54) is 30.2 Å². The van der Waals surface area contributed by atoms with E-state index in [1.54, 1.807) is 0 Å². The highest BCUT2D eigenvalue weighted by molar-refractivity contribution is 6.22. The number of rotatable bonds is 14. The first-order chi connectivity index (χ1) is 15.0. The van der Waals surface area contributed by atoms with Gasteiger partial charge in [-0.15, -0.1) is 11.6 Å². The number of halogens is 1. The maximum absolute atomic E-state index is 11.5. The van der Waals surface area contributed by atoms with Gasteiger partial charge in [-0.1, -0.05) is 41.0 Å². The van der Waals surface area contributed by atoms with Crippen molar-refractivity contribution in [1.29, 1.82) is 0 Å². The van der Waals surface area contributed by atoms with Gasteiger partial charge in [-0.05, 0) is 78.6 Å². The van der Waals surface area contributed by atoms with Crippen molar-refractivity contribution < 1.29 is 19.0 Å². The standard InChI is InChI=1S/C26H41ClO4/c1-21(10-7-11-22(2)14-9-15-24(20-27)26(28)29-4)12-8-13-23(3)17-19-31-25-16-5-6-18-30-25/h11-12,15,17,25H,5-10,13-14,16,18-20H2,1-4H3/b21-12+,22-11+,23-17+,24-15+. The fraction of sp³-hybridized carbons (Fsp3) is 0.654. The van der Waals surface area contributed by atoms with E-state index >= 15 is 0 Å². The topological polar surface area (TPSA) is 44.8 Å². The number of allylic oxidation sites excluding steroid dienone is 6. The highest BCUT2D eigenvalue weighted by Gasteiger charge is 2.12. The summed E-state index contributed by atoms with van der Waals surface area (Å²) in [6, 6.07) is 0. The molecule has 1 rings (SSSR count). The number of ether oxygens (including phenoxy) is 3. The van der Waals surface area contributed by atoms with E-state index in [0.717, 1.165) is 58.0 Å². The van der Waals surface area contributed by atoms with Gasteiger partial charge in [-0.2, -0.15) is 0 Å². The molecule has 31 heavy (non-hydrogen) atoms. The second-order valence-electron chi connectivity index (χ2n) is 8.25. The van der Waals surface area contributed by atoms with Crippen LogP contribution < -0.4 is 0 Å². The van der Waals surface area contributed by atoms with Crippen LogP contribution in [0.4, 0.5) is 0 Å². The maximum atomic E-state index is 11.5. The average molecular weight is 453 g/mol. The van der Waals surface area contributed by atoms with E-state index in [4.69, 9.17) is 25.8 Å². The van der Waals surface area contributed by atoms with Gasteiger partial charge in [0.25, 0.3) is 0 Å². The summed E-state index contributed by atoms with van der Waals surface area (Å²) in [5.41, 5.74) is 4.67. The third-order valence-corrected chi connectivity index (χ3v) is 5.72. The van der Waals surface area contributed by atoms with E-state index < -0.39 is 0 Å². The highest BCUT2D eigenvalue weighted by atomic mass is 35.5. The van der Waals surface area contributed by atoms with Crippen molar-refractivity contribution in [2.45, 2.75) is 84.8 Å². The molecule has 176 valence electrons. The van der Waals surface area contributed by atoms with Crippen LogP contribution in [-0.2, 0) is 19.0 Å². The Hall–Kier alpha value is -1.36. The molecule has 1 aliphatic rings. The molecule has 5 heteroatoms. The predicted molar refractivity (Wildman–Crippen MR) is 129 cm³/mol. The molecule has 1 atom stereocenters. The van der Waals surface area contributed by atoms with Gasteiger partial charge in [0.2, 0.25) is 0 Å². The Kier molecular flexibility index (Phi) is 15.4. The lowest BCUT2D eigenvalue weighted by Gasteiger charge is -2.22. The zero-order valence-corrected chi connectivity index (χ0v) is 20.6. The van der Waals surface area contributed by atoms with E-state index in [-0.39, 0.29) is 18.1 Å². The minimum Gasteiger partial charge on any atom is -0.466 e. The van der Waals surface area contributed by atoms with Gasteiger partial charge in [0.15, 0.2) is 6.29 Å². The third-order valence-electron chi connectivity index (χ3n) is 5.44. The summed E-state index contributed by atoms with van der Waals surface area (Å²) in [6.45, 7) is 7.99. The Morgan fingerprint density at radius 3 is 2.03 bits per heavy atom. The SMILES string of the molecule is COC(=O)/C(=C/CC/C(C)=C/CC/C(C)=C/CC/C(C)=C/COC1CCCCO1)CCl. The second kappa shape index (κ2) is 17.2. The summed E-state index contributed by atoms with van der Waals surface area (Å²) in [6.07, 6.45) is 18.0. The highest BCUT2D eigenvalue weighted by Crippen LogP contribution is 2.16. The molecular weight excluding hydrogens is 412 g/mol. The molecule has 1 fully saturated rings. The van der Waals surface area contributed by atoms with Crippen LogP contribution >= 0.6 is 11.6 Å². The molecule has 0 aromatic heterocycles. The number of carbonyl (C=O) groups is 1.